The van der Waals surface area contributed by atoms with E-state index >= 15 is 0 Å². The average molecular weight is 204 g/mol. The van der Waals surface area contributed by atoms with Crippen LogP contribution in [0.5, 0.6) is 0 Å². The molecule has 0 aromatic carbocycles. The zero-order chi connectivity index (χ0) is 11.0. The normalized spacial score (nSPS) is 11.5. The van der Waals surface area contributed by atoms with Crippen LogP contribution in [-0.4, -0.2) is 14.4 Å². The summed E-state index contributed by atoms with van der Waals surface area (Å²) in [6.45, 7) is 6.25. The molecule has 2 N–H and O–H groups in total. The molecule has 0 aliphatic heterocycles. The Morgan fingerprint density at radius 1 is 1.33 bits per heavy atom. The number of fused-ring (bicyclic) bond motifs is 1. The van der Waals surface area contributed by atoms with Gasteiger partial charge in [-0.1, -0.05) is 13.8 Å². The number of anilines is 1. The molecule has 15 heavy (non-hydrogen) atoms. The van der Waals surface area contributed by atoms with Crippen molar-refractivity contribution in [3.05, 3.63) is 23.8 Å². The molecule has 4 heteroatoms. The molecule has 2 aromatic heterocycles. The van der Waals surface area contributed by atoms with Crippen LogP contribution in [0.15, 0.2) is 12.4 Å². The molecular weight excluding hydrogens is 188 g/mol. The molecule has 0 aliphatic carbocycles. The highest BCUT2D eigenvalue weighted by atomic mass is 15.1. The fraction of sp³-hybridized carbons (Fsp3) is 0.455. The molecule has 0 unspecified atom stereocenters. The lowest BCUT2D eigenvalue weighted by molar-refractivity contribution is 0.638. The molecule has 0 saturated carbocycles. The molecule has 0 aliphatic rings. The fourth-order valence-corrected chi connectivity index (χ4v) is 1.59. The van der Waals surface area contributed by atoms with Gasteiger partial charge in [-0.15, -0.1) is 0 Å². The second kappa shape index (κ2) is 3.53. The van der Waals surface area contributed by atoms with Gasteiger partial charge in [0.05, 0.1) is 17.1 Å². The van der Waals surface area contributed by atoms with Crippen LogP contribution in [0.1, 0.15) is 25.2 Å². The van der Waals surface area contributed by atoms with Crippen molar-refractivity contribution < 1.29 is 0 Å². The lowest BCUT2D eigenvalue weighted by Crippen LogP contribution is -1.97. The Morgan fingerprint density at radius 2 is 2.07 bits per heavy atom. The number of aromatic nitrogens is 3. The van der Waals surface area contributed by atoms with Crippen molar-refractivity contribution in [2.75, 3.05) is 5.73 Å². The summed E-state index contributed by atoms with van der Waals surface area (Å²) in [6, 6.07) is 0. The Bertz CT molecular complexity index is 446. The maximum atomic E-state index is 5.79. The number of aryl methyl sites for hydroxylation is 1. The lowest BCUT2D eigenvalue weighted by atomic mass is 10.1. The van der Waals surface area contributed by atoms with Gasteiger partial charge >= 0.3 is 0 Å². The third-order valence-corrected chi connectivity index (χ3v) is 2.34. The monoisotopic (exact) mass is 204 g/mol. The van der Waals surface area contributed by atoms with Gasteiger partial charge in [-0.2, -0.15) is 0 Å². The largest absolute Gasteiger partial charge is 0.396 e. The molecular formula is C11H16N4. The van der Waals surface area contributed by atoms with E-state index in [9.17, 15) is 0 Å². The minimum absolute atomic E-state index is 0.605. The SMILES string of the molecule is Cc1nc2nc(CC(C)C)cn2cc1N. The Labute approximate surface area is 89.2 Å². The van der Waals surface area contributed by atoms with Crippen molar-refractivity contribution in [3.63, 3.8) is 0 Å². The minimum atomic E-state index is 0.605. The number of nitrogens with zero attached hydrogens (tertiary/aromatic N) is 3. The molecule has 0 spiro atoms. The van der Waals surface area contributed by atoms with E-state index in [4.69, 9.17) is 5.73 Å². The molecule has 0 amide bonds. The molecule has 0 saturated heterocycles. The van der Waals surface area contributed by atoms with Gasteiger partial charge in [0.15, 0.2) is 0 Å². The summed E-state index contributed by atoms with van der Waals surface area (Å²) in [5.41, 5.74) is 8.40. The first-order chi connectivity index (χ1) is 7.06. The molecule has 0 bridgehead atoms. The van der Waals surface area contributed by atoms with Gasteiger partial charge in [0, 0.05) is 12.4 Å². The number of hydrogen-bond donors (Lipinski definition) is 1. The van der Waals surface area contributed by atoms with E-state index in [1.54, 1.807) is 0 Å². The van der Waals surface area contributed by atoms with Crippen LogP contribution >= 0.6 is 0 Å². The number of nitrogens with two attached hydrogens (primary N) is 1. The van der Waals surface area contributed by atoms with E-state index in [1.807, 2.05) is 23.7 Å². The highest BCUT2D eigenvalue weighted by Gasteiger charge is 2.06. The van der Waals surface area contributed by atoms with Crippen molar-refractivity contribution in [2.24, 2.45) is 5.92 Å². The van der Waals surface area contributed by atoms with Crippen molar-refractivity contribution in [1.82, 2.24) is 14.4 Å². The van der Waals surface area contributed by atoms with Crippen LogP contribution in [0.25, 0.3) is 5.78 Å². The van der Waals surface area contributed by atoms with Gasteiger partial charge in [0.25, 0.3) is 0 Å². The number of imidazole rings is 1. The van der Waals surface area contributed by atoms with E-state index in [0.29, 0.717) is 11.6 Å². The third kappa shape index (κ3) is 1.93. The molecule has 0 radical (unpaired) electrons. The van der Waals surface area contributed by atoms with E-state index < -0.39 is 0 Å². The zero-order valence-corrected chi connectivity index (χ0v) is 9.36. The highest BCUT2D eigenvalue weighted by molar-refractivity contribution is 5.46. The second-order valence-electron chi connectivity index (χ2n) is 4.32. The third-order valence-electron chi connectivity index (χ3n) is 2.34. The van der Waals surface area contributed by atoms with Crippen LogP contribution in [0.2, 0.25) is 0 Å². The molecule has 2 rings (SSSR count). The lowest BCUT2D eigenvalue weighted by Gasteiger charge is -1.98. The summed E-state index contributed by atoms with van der Waals surface area (Å²) in [5.74, 6) is 1.34. The predicted molar refractivity (Wildman–Crippen MR) is 60.7 cm³/mol. The van der Waals surface area contributed by atoms with Crippen LogP contribution in [-0.2, 0) is 6.42 Å². The standard InChI is InChI=1S/C11H16N4/c1-7(2)4-9-5-15-6-10(12)8(3)13-11(15)14-9/h5-7H,4,12H2,1-3H3. The summed E-state index contributed by atoms with van der Waals surface area (Å²) in [5, 5.41) is 0. The van der Waals surface area contributed by atoms with Gasteiger partial charge < -0.3 is 5.73 Å². The van der Waals surface area contributed by atoms with Gasteiger partial charge in [-0.05, 0) is 19.3 Å². The Morgan fingerprint density at radius 3 is 2.73 bits per heavy atom. The van der Waals surface area contributed by atoms with Crippen molar-refractivity contribution >= 4 is 11.5 Å². The van der Waals surface area contributed by atoms with Gasteiger partial charge in [-0.25, -0.2) is 9.97 Å². The Kier molecular flexibility index (Phi) is 2.34. The summed E-state index contributed by atoms with van der Waals surface area (Å²) in [4.78, 5) is 8.78. The predicted octanol–water partition coefficient (Wildman–Crippen LogP) is 1.82. The van der Waals surface area contributed by atoms with Gasteiger partial charge in [0.2, 0.25) is 5.78 Å². The Hall–Kier alpha value is -1.58. The van der Waals surface area contributed by atoms with E-state index in [1.165, 1.54) is 0 Å². The van der Waals surface area contributed by atoms with Crippen molar-refractivity contribution in [3.8, 4) is 0 Å². The van der Waals surface area contributed by atoms with Gasteiger partial charge in [0.1, 0.15) is 0 Å². The summed E-state index contributed by atoms with van der Waals surface area (Å²) >= 11 is 0. The number of hydrogen-bond acceptors (Lipinski definition) is 3. The van der Waals surface area contributed by atoms with Gasteiger partial charge in [-0.3, -0.25) is 4.40 Å². The smallest absolute Gasteiger partial charge is 0.234 e. The second-order valence-corrected chi connectivity index (χ2v) is 4.32. The maximum absolute atomic E-state index is 5.79. The first kappa shape index (κ1) is 9.96. The quantitative estimate of drug-likeness (QED) is 0.811. The molecule has 0 fully saturated rings. The van der Waals surface area contributed by atoms with Crippen LogP contribution in [0, 0.1) is 12.8 Å². The zero-order valence-electron chi connectivity index (χ0n) is 9.36. The summed E-state index contributed by atoms with van der Waals surface area (Å²) < 4.78 is 1.89. The van der Waals surface area contributed by atoms with Crippen LogP contribution in [0.3, 0.4) is 0 Å². The molecule has 2 heterocycles. The topological polar surface area (TPSA) is 56.2 Å². The first-order valence-corrected chi connectivity index (χ1v) is 5.17. The molecule has 2 aromatic rings. The van der Waals surface area contributed by atoms with Crippen molar-refractivity contribution in [2.45, 2.75) is 27.2 Å². The van der Waals surface area contributed by atoms with E-state index in [2.05, 4.69) is 23.8 Å². The summed E-state index contributed by atoms with van der Waals surface area (Å²) in [7, 11) is 0. The van der Waals surface area contributed by atoms with Crippen LogP contribution < -0.4 is 5.73 Å². The average Bonchev–Trinajstić information content (AvgIpc) is 2.46. The van der Waals surface area contributed by atoms with Crippen LogP contribution in [0.4, 0.5) is 5.69 Å². The summed E-state index contributed by atoms with van der Waals surface area (Å²) in [6.07, 6.45) is 4.84. The number of rotatable bonds is 2. The van der Waals surface area contributed by atoms with E-state index in [-0.39, 0.29) is 0 Å². The molecule has 0 atom stereocenters. The molecule has 80 valence electrons. The first-order valence-electron chi connectivity index (χ1n) is 5.17. The number of nitrogen functional groups attached to an aromatic ring is 1. The van der Waals surface area contributed by atoms with E-state index in [0.717, 1.165) is 23.6 Å². The molecule has 4 nitrogen and oxygen atoms in total. The highest BCUT2D eigenvalue weighted by Crippen LogP contribution is 2.12. The Balaban J connectivity index is 2.47. The fourth-order valence-electron chi connectivity index (χ4n) is 1.59. The maximum Gasteiger partial charge on any atom is 0.234 e. The minimum Gasteiger partial charge on any atom is -0.396 e. The van der Waals surface area contributed by atoms with Crippen molar-refractivity contribution in [1.29, 1.82) is 0 Å².